The number of aromatic nitrogens is 2. The summed E-state index contributed by atoms with van der Waals surface area (Å²) in [5, 5.41) is 7.28. The number of hydrogen-bond acceptors (Lipinski definition) is 4. The molecule has 0 radical (unpaired) electrons. The van der Waals surface area contributed by atoms with Crippen molar-refractivity contribution in [3.8, 4) is 5.75 Å². The van der Waals surface area contributed by atoms with E-state index in [0.29, 0.717) is 6.61 Å². The van der Waals surface area contributed by atoms with Crippen molar-refractivity contribution in [1.82, 2.24) is 15.1 Å². The molecule has 0 bridgehead atoms. The molecule has 1 rings (SSSR count). The molecule has 0 amide bonds. The van der Waals surface area contributed by atoms with E-state index in [1.54, 1.807) is 13.3 Å². The van der Waals surface area contributed by atoms with Crippen LogP contribution in [0.1, 0.15) is 13.3 Å². The minimum absolute atomic E-state index is 0.0225. The van der Waals surface area contributed by atoms with Crippen LogP contribution in [0.25, 0.3) is 0 Å². The lowest BCUT2D eigenvalue weighted by atomic mass is 10.3. The zero-order chi connectivity index (χ0) is 11.8. The molecular weight excluding hydrogens is 206 g/mol. The van der Waals surface area contributed by atoms with Crippen LogP contribution in [-0.2, 0) is 11.3 Å². The fourth-order valence-electron chi connectivity index (χ4n) is 1.50. The molecule has 0 aromatic carbocycles. The molecule has 0 aliphatic heterocycles. The number of likely N-dealkylation sites (N-methyl/N-ethyl adjacent to an activating group) is 1. The van der Waals surface area contributed by atoms with E-state index >= 15 is 0 Å². The molecule has 5 heteroatoms. The van der Waals surface area contributed by atoms with Gasteiger partial charge in [0.05, 0.1) is 19.0 Å². The maximum Gasteiger partial charge on any atom is 0.157 e. The number of aryl methyl sites for hydroxylation is 1. The van der Waals surface area contributed by atoms with Crippen LogP contribution in [0.15, 0.2) is 12.4 Å². The third-order valence-electron chi connectivity index (χ3n) is 2.15. The Morgan fingerprint density at radius 1 is 1.56 bits per heavy atom. The van der Waals surface area contributed by atoms with Crippen molar-refractivity contribution in [2.24, 2.45) is 0 Å². The van der Waals surface area contributed by atoms with Gasteiger partial charge in [0.25, 0.3) is 0 Å². The van der Waals surface area contributed by atoms with E-state index in [-0.39, 0.29) is 6.10 Å². The van der Waals surface area contributed by atoms with Gasteiger partial charge >= 0.3 is 0 Å². The molecular formula is C11H21N3O2. The number of nitrogens with one attached hydrogen (secondary N) is 1. The van der Waals surface area contributed by atoms with Gasteiger partial charge < -0.3 is 14.8 Å². The molecule has 0 saturated carbocycles. The van der Waals surface area contributed by atoms with Gasteiger partial charge in [0.2, 0.25) is 0 Å². The summed E-state index contributed by atoms with van der Waals surface area (Å²) in [5.74, 6) is 0.797. The van der Waals surface area contributed by atoms with Crippen molar-refractivity contribution in [2.75, 3.05) is 27.3 Å². The number of nitrogens with zero attached hydrogens (tertiary/aromatic N) is 2. The van der Waals surface area contributed by atoms with Gasteiger partial charge in [0.1, 0.15) is 6.10 Å². The summed E-state index contributed by atoms with van der Waals surface area (Å²) in [5.41, 5.74) is 0. The standard InChI is InChI=1S/C11H21N3O2/c1-4-5-14-8-10(7-13-14)16-11(6-12-2)9-15-3/h7-8,11-12H,4-6,9H2,1-3H3. The number of ether oxygens (including phenoxy) is 2. The molecule has 0 aliphatic carbocycles. The highest BCUT2D eigenvalue weighted by Crippen LogP contribution is 2.11. The fraction of sp³-hybridized carbons (Fsp3) is 0.727. The van der Waals surface area contributed by atoms with Gasteiger partial charge in [-0.25, -0.2) is 0 Å². The lowest BCUT2D eigenvalue weighted by Crippen LogP contribution is -2.33. The third-order valence-corrected chi connectivity index (χ3v) is 2.15. The molecule has 1 heterocycles. The second-order valence-electron chi connectivity index (χ2n) is 3.69. The smallest absolute Gasteiger partial charge is 0.157 e. The lowest BCUT2D eigenvalue weighted by molar-refractivity contribution is 0.0818. The lowest BCUT2D eigenvalue weighted by Gasteiger charge is -2.16. The fourth-order valence-corrected chi connectivity index (χ4v) is 1.50. The number of hydrogen-bond donors (Lipinski definition) is 1. The maximum atomic E-state index is 5.75. The van der Waals surface area contributed by atoms with Crippen LogP contribution < -0.4 is 10.1 Å². The van der Waals surface area contributed by atoms with Gasteiger partial charge in [-0.2, -0.15) is 5.10 Å². The maximum absolute atomic E-state index is 5.75. The Hall–Kier alpha value is -1.07. The summed E-state index contributed by atoms with van der Waals surface area (Å²) in [7, 11) is 3.57. The molecule has 1 atom stereocenters. The molecule has 0 aliphatic rings. The highest BCUT2D eigenvalue weighted by atomic mass is 16.5. The third kappa shape index (κ3) is 4.20. The first-order chi connectivity index (χ1) is 7.80. The van der Waals surface area contributed by atoms with E-state index in [1.807, 2.05) is 17.9 Å². The van der Waals surface area contributed by atoms with Crippen molar-refractivity contribution in [3.63, 3.8) is 0 Å². The zero-order valence-corrected chi connectivity index (χ0v) is 10.3. The normalized spacial score (nSPS) is 12.7. The van der Waals surface area contributed by atoms with E-state index in [2.05, 4.69) is 17.3 Å². The van der Waals surface area contributed by atoms with Crippen LogP contribution in [0, 0.1) is 0 Å². The highest BCUT2D eigenvalue weighted by Gasteiger charge is 2.10. The molecule has 1 aromatic rings. The largest absolute Gasteiger partial charge is 0.483 e. The van der Waals surface area contributed by atoms with Crippen molar-refractivity contribution in [2.45, 2.75) is 26.0 Å². The summed E-state index contributed by atoms with van der Waals surface area (Å²) in [6.45, 7) is 4.37. The van der Waals surface area contributed by atoms with Gasteiger partial charge in [-0.15, -0.1) is 0 Å². The highest BCUT2D eigenvalue weighted by molar-refractivity contribution is 5.12. The molecule has 1 N–H and O–H groups in total. The predicted octanol–water partition coefficient (Wildman–Crippen LogP) is 0.906. The predicted molar refractivity (Wildman–Crippen MR) is 62.7 cm³/mol. The van der Waals surface area contributed by atoms with Crippen LogP contribution >= 0.6 is 0 Å². The Morgan fingerprint density at radius 2 is 2.38 bits per heavy atom. The number of methoxy groups -OCH3 is 1. The molecule has 5 nitrogen and oxygen atoms in total. The quantitative estimate of drug-likeness (QED) is 0.717. The van der Waals surface area contributed by atoms with Crippen LogP contribution in [0.4, 0.5) is 0 Å². The minimum atomic E-state index is 0.0225. The van der Waals surface area contributed by atoms with Gasteiger partial charge in [-0.1, -0.05) is 6.92 Å². The SMILES string of the molecule is CCCn1cc(OC(CNC)COC)cn1. The van der Waals surface area contributed by atoms with E-state index in [0.717, 1.165) is 25.3 Å². The molecule has 0 spiro atoms. The zero-order valence-electron chi connectivity index (χ0n) is 10.3. The Labute approximate surface area is 96.7 Å². The first kappa shape index (κ1) is 13.0. The minimum Gasteiger partial charge on any atom is -0.483 e. The summed E-state index contributed by atoms with van der Waals surface area (Å²) >= 11 is 0. The first-order valence-corrected chi connectivity index (χ1v) is 5.62. The Bertz CT molecular complexity index is 283. The van der Waals surface area contributed by atoms with Crippen LogP contribution in [-0.4, -0.2) is 43.2 Å². The average molecular weight is 227 g/mol. The summed E-state index contributed by atoms with van der Waals surface area (Å²) in [6, 6.07) is 0. The van der Waals surface area contributed by atoms with Gasteiger partial charge in [-0.05, 0) is 13.5 Å². The summed E-state index contributed by atoms with van der Waals surface area (Å²) in [6.07, 6.45) is 4.75. The Balaban J connectivity index is 2.48. The van der Waals surface area contributed by atoms with E-state index < -0.39 is 0 Å². The second kappa shape index (κ2) is 7.24. The van der Waals surface area contributed by atoms with E-state index in [4.69, 9.17) is 9.47 Å². The molecule has 92 valence electrons. The Kier molecular flexibility index (Phi) is 5.88. The van der Waals surface area contributed by atoms with Crippen LogP contribution in [0.3, 0.4) is 0 Å². The summed E-state index contributed by atoms with van der Waals surface area (Å²) in [4.78, 5) is 0. The Morgan fingerprint density at radius 3 is 3.00 bits per heavy atom. The number of rotatable bonds is 8. The molecule has 16 heavy (non-hydrogen) atoms. The van der Waals surface area contributed by atoms with Gasteiger partial charge in [0.15, 0.2) is 5.75 Å². The molecule has 0 fully saturated rings. The summed E-state index contributed by atoms with van der Waals surface area (Å²) < 4.78 is 12.7. The monoisotopic (exact) mass is 227 g/mol. The van der Waals surface area contributed by atoms with Crippen LogP contribution in [0.2, 0.25) is 0 Å². The van der Waals surface area contributed by atoms with Crippen molar-refractivity contribution >= 4 is 0 Å². The molecule has 0 saturated heterocycles. The topological polar surface area (TPSA) is 48.3 Å². The molecule has 1 unspecified atom stereocenters. The molecule has 1 aromatic heterocycles. The second-order valence-corrected chi connectivity index (χ2v) is 3.69. The van der Waals surface area contributed by atoms with Gasteiger partial charge in [-0.3, -0.25) is 4.68 Å². The van der Waals surface area contributed by atoms with E-state index in [9.17, 15) is 0 Å². The van der Waals surface area contributed by atoms with E-state index in [1.165, 1.54) is 0 Å². The van der Waals surface area contributed by atoms with Crippen molar-refractivity contribution in [1.29, 1.82) is 0 Å². The van der Waals surface area contributed by atoms with Crippen molar-refractivity contribution < 1.29 is 9.47 Å². The van der Waals surface area contributed by atoms with Gasteiger partial charge in [0, 0.05) is 20.2 Å². The first-order valence-electron chi connectivity index (χ1n) is 5.62. The van der Waals surface area contributed by atoms with Crippen LogP contribution in [0.5, 0.6) is 5.75 Å². The van der Waals surface area contributed by atoms with Crippen molar-refractivity contribution in [3.05, 3.63) is 12.4 Å². The average Bonchev–Trinajstić information content (AvgIpc) is 2.67.